The monoisotopic (exact) mass is 232 g/mol. The summed E-state index contributed by atoms with van der Waals surface area (Å²) in [5, 5.41) is 34.3. The summed E-state index contributed by atoms with van der Waals surface area (Å²) in [5.74, 6) is 0. The molecular formula is C6H10Cl2O5. The Morgan fingerprint density at radius 1 is 1.38 bits per heavy atom. The number of ether oxygens (including phenoxy) is 1. The van der Waals surface area contributed by atoms with Gasteiger partial charge >= 0.3 is 0 Å². The maximum absolute atomic E-state index is 9.31. The summed E-state index contributed by atoms with van der Waals surface area (Å²) in [4.78, 5) is 0. The molecule has 7 heteroatoms. The van der Waals surface area contributed by atoms with Crippen LogP contribution in [0, 0.1) is 0 Å². The van der Waals surface area contributed by atoms with Crippen LogP contribution in [0.15, 0.2) is 0 Å². The summed E-state index contributed by atoms with van der Waals surface area (Å²) in [6, 6.07) is 0. The van der Waals surface area contributed by atoms with Crippen LogP contribution in [-0.2, 0) is 4.74 Å². The number of aliphatic hydroxyl groups is 4. The van der Waals surface area contributed by atoms with Crippen molar-refractivity contribution in [2.75, 3.05) is 6.61 Å². The molecule has 0 amide bonds. The van der Waals surface area contributed by atoms with Crippen molar-refractivity contribution in [2.45, 2.75) is 28.9 Å². The normalized spacial score (nSPS) is 52.2. The van der Waals surface area contributed by atoms with Crippen LogP contribution in [0.4, 0.5) is 0 Å². The predicted octanol–water partition coefficient (Wildman–Crippen LogP) is -1.41. The molecule has 5 atom stereocenters. The highest BCUT2D eigenvalue weighted by molar-refractivity contribution is 6.31. The van der Waals surface area contributed by atoms with Crippen molar-refractivity contribution in [3.63, 3.8) is 0 Å². The van der Waals surface area contributed by atoms with Gasteiger partial charge < -0.3 is 25.2 Å². The molecule has 1 saturated heterocycles. The van der Waals surface area contributed by atoms with Crippen molar-refractivity contribution in [1.29, 1.82) is 0 Å². The van der Waals surface area contributed by atoms with Crippen LogP contribution in [0.1, 0.15) is 0 Å². The van der Waals surface area contributed by atoms with Gasteiger partial charge in [-0.2, -0.15) is 0 Å². The van der Waals surface area contributed by atoms with E-state index in [9.17, 15) is 15.3 Å². The molecule has 1 aliphatic rings. The summed E-state index contributed by atoms with van der Waals surface area (Å²) in [5.41, 5.74) is -1.38. The highest BCUT2D eigenvalue weighted by atomic mass is 35.5. The Bertz CT molecular complexity index is 188. The van der Waals surface area contributed by atoms with E-state index in [1.54, 1.807) is 0 Å². The molecule has 5 nitrogen and oxygen atoms in total. The van der Waals surface area contributed by atoms with E-state index in [0.29, 0.717) is 0 Å². The van der Waals surface area contributed by atoms with E-state index in [-0.39, 0.29) is 0 Å². The number of hydrogen-bond acceptors (Lipinski definition) is 5. The van der Waals surface area contributed by atoms with E-state index in [2.05, 4.69) is 0 Å². The van der Waals surface area contributed by atoms with E-state index in [1.807, 2.05) is 0 Å². The van der Waals surface area contributed by atoms with Crippen molar-refractivity contribution in [2.24, 2.45) is 0 Å². The summed E-state index contributed by atoms with van der Waals surface area (Å²) in [7, 11) is 0. The first-order chi connectivity index (χ1) is 5.91. The SMILES string of the molecule is OC[C@H]1OC(Cl)[C@](O)(Cl)[C@@H](O)[C@@H]1O. The average Bonchev–Trinajstić information content (AvgIpc) is 2.09. The Balaban J connectivity index is 2.79. The first-order valence-corrected chi connectivity index (χ1v) is 4.40. The Hall–Kier alpha value is 0.380. The highest BCUT2D eigenvalue weighted by Crippen LogP contribution is 2.34. The van der Waals surface area contributed by atoms with E-state index < -0.39 is 35.5 Å². The number of aliphatic hydroxyl groups excluding tert-OH is 3. The Morgan fingerprint density at radius 3 is 2.38 bits per heavy atom. The van der Waals surface area contributed by atoms with Gasteiger partial charge in [-0.15, -0.1) is 0 Å². The zero-order chi connectivity index (χ0) is 10.2. The van der Waals surface area contributed by atoms with Crippen LogP contribution in [0.2, 0.25) is 0 Å². The topological polar surface area (TPSA) is 90.2 Å². The minimum atomic E-state index is -2.24. The second-order valence-corrected chi connectivity index (χ2v) is 3.84. The van der Waals surface area contributed by atoms with Gasteiger partial charge in [-0.05, 0) is 0 Å². The smallest absolute Gasteiger partial charge is 0.207 e. The Morgan fingerprint density at radius 2 is 1.92 bits per heavy atom. The standard InChI is InChI=1S/C6H10Cl2O5/c7-5-6(8,12)4(11)3(10)2(1-9)13-5/h2-5,9-12H,1H2/t2-,3-,4+,5?,6+/m1/s1. The Kier molecular flexibility index (Phi) is 3.40. The lowest BCUT2D eigenvalue weighted by Crippen LogP contribution is -2.62. The molecular weight excluding hydrogens is 223 g/mol. The van der Waals surface area contributed by atoms with Crippen LogP contribution >= 0.6 is 23.2 Å². The third kappa shape index (κ3) is 1.92. The van der Waals surface area contributed by atoms with E-state index in [1.165, 1.54) is 0 Å². The third-order valence-corrected chi connectivity index (χ3v) is 2.88. The molecule has 1 aliphatic heterocycles. The molecule has 0 aromatic rings. The highest BCUT2D eigenvalue weighted by Gasteiger charge is 2.53. The van der Waals surface area contributed by atoms with Crippen molar-refractivity contribution in [3.8, 4) is 0 Å². The summed E-state index contributed by atoms with van der Waals surface area (Å²) in [6.07, 6.45) is -4.18. The number of rotatable bonds is 1. The first-order valence-electron chi connectivity index (χ1n) is 3.59. The molecule has 0 spiro atoms. The average molecular weight is 233 g/mol. The maximum Gasteiger partial charge on any atom is 0.207 e. The van der Waals surface area contributed by atoms with Crippen LogP contribution < -0.4 is 0 Å². The van der Waals surface area contributed by atoms with Gasteiger partial charge in [-0.1, -0.05) is 23.2 Å². The van der Waals surface area contributed by atoms with Gasteiger partial charge in [0.1, 0.15) is 18.3 Å². The molecule has 0 saturated carbocycles. The van der Waals surface area contributed by atoms with Crippen LogP contribution in [0.5, 0.6) is 0 Å². The van der Waals surface area contributed by atoms with Crippen LogP contribution in [0.3, 0.4) is 0 Å². The molecule has 0 aromatic heterocycles. The molecule has 13 heavy (non-hydrogen) atoms. The zero-order valence-electron chi connectivity index (χ0n) is 6.47. The molecule has 4 N–H and O–H groups in total. The number of halogens is 2. The molecule has 1 fully saturated rings. The fraction of sp³-hybridized carbons (Fsp3) is 1.00. The summed E-state index contributed by atoms with van der Waals surface area (Å²) < 4.78 is 4.76. The Labute approximate surface area is 84.5 Å². The number of hydrogen-bond donors (Lipinski definition) is 4. The third-order valence-electron chi connectivity index (χ3n) is 1.91. The lowest BCUT2D eigenvalue weighted by molar-refractivity contribution is -0.223. The maximum atomic E-state index is 9.31. The fourth-order valence-electron chi connectivity index (χ4n) is 1.06. The largest absolute Gasteiger partial charge is 0.394 e. The molecule has 0 radical (unpaired) electrons. The van der Waals surface area contributed by atoms with Gasteiger partial charge in [0.15, 0.2) is 5.56 Å². The van der Waals surface area contributed by atoms with Crippen molar-refractivity contribution in [3.05, 3.63) is 0 Å². The summed E-state index contributed by atoms with van der Waals surface area (Å²) >= 11 is 10.9. The molecule has 0 aliphatic carbocycles. The van der Waals surface area contributed by atoms with Gasteiger partial charge in [0.25, 0.3) is 0 Å². The van der Waals surface area contributed by atoms with Gasteiger partial charge in [-0.3, -0.25) is 0 Å². The van der Waals surface area contributed by atoms with E-state index in [4.69, 9.17) is 33.0 Å². The second kappa shape index (κ2) is 3.86. The van der Waals surface area contributed by atoms with Crippen LogP contribution in [-0.4, -0.2) is 56.0 Å². The lowest BCUT2D eigenvalue weighted by atomic mass is 10.00. The van der Waals surface area contributed by atoms with Gasteiger partial charge in [0.2, 0.25) is 5.06 Å². The zero-order valence-corrected chi connectivity index (χ0v) is 7.98. The molecule has 0 bridgehead atoms. The minimum Gasteiger partial charge on any atom is -0.394 e. The predicted molar refractivity (Wildman–Crippen MR) is 44.4 cm³/mol. The second-order valence-electron chi connectivity index (χ2n) is 2.84. The van der Waals surface area contributed by atoms with Gasteiger partial charge in [0.05, 0.1) is 6.61 Å². The van der Waals surface area contributed by atoms with Crippen molar-refractivity contribution >= 4 is 23.2 Å². The molecule has 0 aromatic carbocycles. The number of alkyl halides is 2. The van der Waals surface area contributed by atoms with E-state index >= 15 is 0 Å². The molecule has 1 heterocycles. The van der Waals surface area contributed by atoms with E-state index in [0.717, 1.165) is 0 Å². The van der Waals surface area contributed by atoms with Gasteiger partial charge in [0, 0.05) is 0 Å². The van der Waals surface area contributed by atoms with Crippen molar-refractivity contribution in [1.82, 2.24) is 0 Å². The van der Waals surface area contributed by atoms with Crippen LogP contribution in [0.25, 0.3) is 0 Å². The minimum absolute atomic E-state index is 0.519. The van der Waals surface area contributed by atoms with Gasteiger partial charge in [-0.25, -0.2) is 0 Å². The molecule has 1 rings (SSSR count). The lowest BCUT2D eigenvalue weighted by Gasteiger charge is -2.42. The first kappa shape index (κ1) is 11.5. The molecule has 78 valence electrons. The fourth-order valence-corrected chi connectivity index (χ4v) is 1.50. The molecule has 1 unspecified atom stereocenters. The quantitative estimate of drug-likeness (QED) is 0.418. The summed E-state index contributed by atoms with van der Waals surface area (Å²) in [6.45, 7) is -0.519. The van der Waals surface area contributed by atoms with Crippen molar-refractivity contribution < 1.29 is 25.2 Å².